The van der Waals surface area contributed by atoms with Crippen molar-refractivity contribution in [2.45, 2.75) is 40.5 Å². The van der Waals surface area contributed by atoms with Gasteiger partial charge >= 0.3 is 0 Å². The Balaban J connectivity index is 2.79. The Kier molecular flexibility index (Phi) is 6.84. The van der Waals surface area contributed by atoms with Gasteiger partial charge in [0.05, 0.1) is 19.1 Å². The number of anilines is 1. The number of carboxylic acids is 1. The summed E-state index contributed by atoms with van der Waals surface area (Å²) in [6.45, 7) is 10.0. The second-order valence-corrected chi connectivity index (χ2v) is 6.47. The predicted molar refractivity (Wildman–Crippen MR) is 82.9 cm³/mol. The first-order chi connectivity index (χ1) is 9.90. The average Bonchev–Trinajstić information content (AvgIpc) is 2.65. The maximum Gasteiger partial charge on any atom is 0.280 e. The molecule has 21 heavy (non-hydrogen) atoms. The standard InChI is InChI=1S/C15H24N2O3S/c1-5-7-17(8-6-2)9-12(18)16-14-13(15(19)20)10(3)11(4)21-14/h5-9H2,1-4H3,(H,16,18)(H,19,20). The molecule has 0 saturated heterocycles. The van der Waals surface area contributed by atoms with Crippen molar-refractivity contribution in [1.29, 1.82) is 0 Å². The molecular weight excluding hydrogens is 288 g/mol. The van der Waals surface area contributed by atoms with Gasteiger partial charge in [0, 0.05) is 10.4 Å². The highest BCUT2D eigenvalue weighted by atomic mass is 32.1. The molecule has 118 valence electrons. The number of aryl methyl sites for hydroxylation is 1. The minimum Gasteiger partial charge on any atom is -0.545 e. The van der Waals surface area contributed by atoms with Gasteiger partial charge in [-0.2, -0.15) is 0 Å². The molecule has 0 radical (unpaired) electrons. The smallest absolute Gasteiger partial charge is 0.280 e. The number of rotatable bonds is 8. The summed E-state index contributed by atoms with van der Waals surface area (Å²) < 4.78 is 0. The van der Waals surface area contributed by atoms with Crippen LogP contribution in [0.2, 0.25) is 0 Å². The van der Waals surface area contributed by atoms with Crippen molar-refractivity contribution < 1.29 is 19.6 Å². The van der Waals surface area contributed by atoms with Gasteiger partial charge in [-0.05, 0) is 32.3 Å². The zero-order chi connectivity index (χ0) is 16.0. The normalized spacial score (nSPS) is 10.9. The first-order valence-electron chi connectivity index (χ1n) is 7.35. The molecule has 2 N–H and O–H groups in total. The van der Waals surface area contributed by atoms with E-state index in [2.05, 4.69) is 19.2 Å². The molecule has 0 unspecified atom stereocenters. The fourth-order valence-corrected chi connectivity index (χ4v) is 3.43. The van der Waals surface area contributed by atoms with Gasteiger partial charge in [0.25, 0.3) is 5.91 Å². The van der Waals surface area contributed by atoms with E-state index in [9.17, 15) is 14.7 Å². The largest absolute Gasteiger partial charge is 0.545 e. The number of amides is 1. The topological polar surface area (TPSA) is 73.7 Å². The molecule has 0 aliphatic rings. The van der Waals surface area contributed by atoms with Gasteiger partial charge < -0.3 is 20.1 Å². The van der Waals surface area contributed by atoms with Crippen LogP contribution < -0.4 is 15.3 Å². The third-order valence-corrected chi connectivity index (χ3v) is 4.58. The number of carbonyl (C=O) groups is 2. The highest BCUT2D eigenvalue weighted by Crippen LogP contribution is 2.31. The van der Waals surface area contributed by atoms with E-state index in [1.807, 2.05) is 6.92 Å². The Morgan fingerprint density at radius 3 is 2.24 bits per heavy atom. The molecule has 0 atom stereocenters. The van der Waals surface area contributed by atoms with Crippen molar-refractivity contribution >= 4 is 28.2 Å². The number of hydrogen-bond acceptors (Lipinski definition) is 4. The van der Waals surface area contributed by atoms with Gasteiger partial charge in [-0.25, -0.2) is 0 Å². The van der Waals surface area contributed by atoms with E-state index in [-0.39, 0.29) is 11.5 Å². The van der Waals surface area contributed by atoms with Gasteiger partial charge in [-0.3, -0.25) is 4.79 Å². The maximum absolute atomic E-state index is 12.1. The summed E-state index contributed by atoms with van der Waals surface area (Å²) in [5, 5.41) is 14.3. The number of carboxylic acid groups (broad SMARTS) is 1. The molecule has 0 saturated carbocycles. The van der Waals surface area contributed by atoms with Crippen LogP contribution in [0.25, 0.3) is 0 Å². The number of quaternary nitrogens is 1. The van der Waals surface area contributed by atoms with Gasteiger partial charge in [0.15, 0.2) is 6.54 Å². The van der Waals surface area contributed by atoms with E-state index in [0.717, 1.165) is 30.8 Å². The minimum atomic E-state index is -1.24. The molecule has 1 aromatic rings. The molecule has 0 aliphatic carbocycles. The molecule has 5 nitrogen and oxygen atoms in total. The zero-order valence-corrected chi connectivity index (χ0v) is 14.0. The van der Waals surface area contributed by atoms with E-state index in [0.29, 0.717) is 17.1 Å². The van der Waals surface area contributed by atoms with Gasteiger partial charge in [-0.1, -0.05) is 13.8 Å². The highest BCUT2D eigenvalue weighted by molar-refractivity contribution is 7.16. The number of thiophene rings is 1. The number of hydrogen-bond donors (Lipinski definition) is 2. The zero-order valence-electron chi connectivity index (χ0n) is 13.2. The monoisotopic (exact) mass is 312 g/mol. The van der Waals surface area contributed by atoms with Crippen LogP contribution in [0.15, 0.2) is 0 Å². The Morgan fingerprint density at radius 1 is 1.19 bits per heavy atom. The molecule has 1 amide bonds. The van der Waals surface area contributed by atoms with Crippen molar-refractivity contribution in [3.8, 4) is 0 Å². The molecule has 0 aromatic carbocycles. The van der Waals surface area contributed by atoms with Crippen LogP contribution in [0.4, 0.5) is 5.00 Å². The second kappa shape index (κ2) is 8.14. The SMILES string of the molecule is CCC[NH+](CCC)CC(=O)Nc1sc(C)c(C)c1C(=O)[O-]. The lowest BCUT2D eigenvalue weighted by atomic mass is 10.1. The lowest BCUT2D eigenvalue weighted by Crippen LogP contribution is -3.13. The second-order valence-electron chi connectivity index (χ2n) is 5.25. The molecule has 1 heterocycles. The van der Waals surface area contributed by atoms with Crippen LogP contribution in [-0.4, -0.2) is 31.5 Å². The van der Waals surface area contributed by atoms with Crippen LogP contribution in [0.3, 0.4) is 0 Å². The van der Waals surface area contributed by atoms with Crippen LogP contribution >= 0.6 is 11.3 Å². The van der Waals surface area contributed by atoms with Crippen molar-refractivity contribution in [3.05, 3.63) is 16.0 Å². The first-order valence-corrected chi connectivity index (χ1v) is 8.17. The lowest BCUT2D eigenvalue weighted by Gasteiger charge is -2.17. The van der Waals surface area contributed by atoms with Crippen molar-refractivity contribution in [2.24, 2.45) is 0 Å². The first kappa shape index (κ1) is 17.7. The third kappa shape index (κ3) is 4.82. The number of aromatic carboxylic acids is 1. The van der Waals surface area contributed by atoms with E-state index in [1.165, 1.54) is 16.2 Å². The summed E-state index contributed by atoms with van der Waals surface area (Å²) >= 11 is 1.29. The van der Waals surface area contributed by atoms with Gasteiger partial charge in [0.2, 0.25) is 0 Å². The summed E-state index contributed by atoms with van der Waals surface area (Å²) in [7, 11) is 0. The molecule has 1 aromatic heterocycles. The molecular formula is C15H24N2O3S. The van der Waals surface area contributed by atoms with E-state index >= 15 is 0 Å². The molecule has 6 heteroatoms. The van der Waals surface area contributed by atoms with E-state index in [4.69, 9.17) is 0 Å². The maximum atomic E-state index is 12.1. The predicted octanol–water partition coefficient (Wildman–Crippen LogP) is 0.372. The fourth-order valence-electron chi connectivity index (χ4n) is 2.37. The molecule has 0 fully saturated rings. The van der Waals surface area contributed by atoms with Gasteiger partial charge in [-0.15, -0.1) is 11.3 Å². The summed E-state index contributed by atoms with van der Waals surface area (Å²) in [4.78, 5) is 25.4. The fraction of sp³-hybridized carbons (Fsp3) is 0.600. The van der Waals surface area contributed by atoms with Gasteiger partial charge in [0.1, 0.15) is 5.00 Å². The number of carbonyl (C=O) groups excluding carboxylic acids is 2. The minimum absolute atomic E-state index is 0.110. The highest BCUT2D eigenvalue weighted by Gasteiger charge is 2.18. The Bertz CT molecular complexity index is 505. The van der Waals surface area contributed by atoms with E-state index < -0.39 is 5.97 Å². The molecule has 0 aliphatic heterocycles. The summed E-state index contributed by atoms with van der Waals surface area (Å²) in [6.07, 6.45) is 2.04. The van der Waals surface area contributed by atoms with Crippen LogP contribution in [0.1, 0.15) is 47.5 Å². The van der Waals surface area contributed by atoms with Crippen LogP contribution in [0.5, 0.6) is 0 Å². The molecule has 1 rings (SSSR count). The van der Waals surface area contributed by atoms with Crippen molar-refractivity contribution in [2.75, 3.05) is 25.0 Å². The average molecular weight is 312 g/mol. The summed E-state index contributed by atoms with van der Waals surface area (Å²) in [5.74, 6) is -1.38. The van der Waals surface area contributed by atoms with Crippen LogP contribution in [-0.2, 0) is 4.79 Å². The Morgan fingerprint density at radius 2 is 1.76 bits per heavy atom. The Hall–Kier alpha value is -1.40. The quantitative estimate of drug-likeness (QED) is 0.728. The Labute approximate surface area is 130 Å². The lowest BCUT2D eigenvalue weighted by molar-refractivity contribution is -0.891. The van der Waals surface area contributed by atoms with Crippen molar-refractivity contribution in [3.63, 3.8) is 0 Å². The number of nitrogens with one attached hydrogen (secondary N) is 2. The molecule has 0 bridgehead atoms. The third-order valence-electron chi connectivity index (χ3n) is 3.46. The molecule has 0 spiro atoms. The van der Waals surface area contributed by atoms with Crippen LogP contribution in [0, 0.1) is 13.8 Å². The summed E-state index contributed by atoms with van der Waals surface area (Å²) in [5.41, 5.74) is 0.778. The van der Waals surface area contributed by atoms with Crippen molar-refractivity contribution in [1.82, 2.24) is 0 Å². The summed E-state index contributed by atoms with van der Waals surface area (Å²) in [6, 6.07) is 0. The van der Waals surface area contributed by atoms with E-state index in [1.54, 1.807) is 6.92 Å².